The minimum Gasteiger partial charge on any atom is -0.506 e. The summed E-state index contributed by atoms with van der Waals surface area (Å²) < 4.78 is 0. The second-order valence-corrected chi connectivity index (χ2v) is 7.94. The highest BCUT2D eigenvalue weighted by Crippen LogP contribution is 2.27. The van der Waals surface area contributed by atoms with E-state index < -0.39 is 0 Å². The summed E-state index contributed by atoms with van der Waals surface area (Å²) in [6.07, 6.45) is 3.79. The number of hydrogen-bond donors (Lipinski definition) is 2. The molecule has 2 heterocycles. The smallest absolute Gasteiger partial charge is 0.194 e. The van der Waals surface area contributed by atoms with E-state index in [1.165, 1.54) is 38.9 Å². The van der Waals surface area contributed by atoms with Crippen LogP contribution in [-0.2, 0) is 0 Å². The fourth-order valence-electron chi connectivity index (χ4n) is 4.24. The van der Waals surface area contributed by atoms with Crippen molar-refractivity contribution in [3.63, 3.8) is 0 Å². The molecule has 2 N–H and O–H groups in total. The van der Waals surface area contributed by atoms with Gasteiger partial charge < -0.3 is 25.1 Å². The van der Waals surface area contributed by atoms with Gasteiger partial charge in [0.1, 0.15) is 5.75 Å². The molecule has 0 atom stereocenters. The van der Waals surface area contributed by atoms with Gasteiger partial charge >= 0.3 is 0 Å². The first kappa shape index (κ1) is 20.8. The number of anilines is 1. The van der Waals surface area contributed by atoms with Crippen LogP contribution in [-0.4, -0.2) is 79.8 Å². The van der Waals surface area contributed by atoms with Gasteiger partial charge in [0, 0.05) is 39.3 Å². The normalized spacial score (nSPS) is 19.9. The zero-order valence-electron chi connectivity index (χ0n) is 17.6. The van der Waals surface area contributed by atoms with E-state index in [2.05, 4.69) is 33.9 Å². The predicted molar refractivity (Wildman–Crippen MR) is 117 cm³/mol. The Balaban J connectivity index is 1.52. The first-order valence-electron chi connectivity index (χ1n) is 11.0. The first-order chi connectivity index (χ1) is 13.7. The summed E-state index contributed by atoms with van der Waals surface area (Å²) in [5.41, 5.74) is 0.933. The van der Waals surface area contributed by atoms with Gasteiger partial charge in [0.05, 0.1) is 5.69 Å². The molecule has 0 aromatic heterocycles. The molecule has 0 bridgehead atoms. The van der Waals surface area contributed by atoms with Gasteiger partial charge in [-0.2, -0.15) is 0 Å². The molecule has 0 saturated carbocycles. The Hall–Kier alpha value is -1.95. The number of piperazine rings is 1. The zero-order valence-corrected chi connectivity index (χ0v) is 17.6. The van der Waals surface area contributed by atoms with Gasteiger partial charge in [-0.1, -0.05) is 19.1 Å². The molecule has 2 aliphatic heterocycles. The fraction of sp³-hybridized carbons (Fsp3) is 0.682. The molecule has 2 fully saturated rings. The minimum atomic E-state index is 0.367. The maximum absolute atomic E-state index is 10.1. The highest BCUT2D eigenvalue weighted by molar-refractivity contribution is 5.80. The molecular weight excluding hydrogens is 350 g/mol. The van der Waals surface area contributed by atoms with E-state index in [1.54, 1.807) is 6.07 Å². The Morgan fingerprint density at radius 2 is 1.79 bits per heavy atom. The van der Waals surface area contributed by atoms with Gasteiger partial charge in [0.2, 0.25) is 0 Å². The lowest BCUT2D eigenvalue weighted by Crippen LogP contribution is -2.52. The number of para-hydroxylation sites is 2. The standard InChI is InChI=1S/C22H37N5O/c1-3-11-25-12-9-19(10-13-25)18-24-22(23-4-2)27-16-14-26(15-17-27)20-7-5-6-8-21(20)28/h5-8,19,28H,3-4,9-18H2,1-2H3,(H,23,24). The Bertz CT molecular complexity index is 619. The topological polar surface area (TPSA) is 54.3 Å². The van der Waals surface area contributed by atoms with Crippen LogP contribution in [0.25, 0.3) is 0 Å². The predicted octanol–water partition coefficient (Wildman–Crippen LogP) is 2.60. The molecule has 3 rings (SSSR count). The van der Waals surface area contributed by atoms with E-state index in [1.807, 2.05) is 18.2 Å². The number of nitrogens with one attached hydrogen (secondary N) is 1. The van der Waals surface area contributed by atoms with Gasteiger partial charge in [-0.3, -0.25) is 4.99 Å². The summed E-state index contributed by atoms with van der Waals surface area (Å²) >= 11 is 0. The third-order valence-corrected chi connectivity index (χ3v) is 5.88. The molecule has 0 amide bonds. The summed E-state index contributed by atoms with van der Waals surface area (Å²) in [7, 11) is 0. The van der Waals surface area contributed by atoms with Crippen LogP contribution in [0.2, 0.25) is 0 Å². The number of phenols is 1. The largest absolute Gasteiger partial charge is 0.506 e. The summed E-state index contributed by atoms with van der Waals surface area (Å²) in [4.78, 5) is 12.2. The lowest BCUT2D eigenvalue weighted by molar-refractivity contribution is 0.188. The number of hydrogen-bond acceptors (Lipinski definition) is 4. The Morgan fingerprint density at radius 3 is 2.43 bits per heavy atom. The number of aliphatic imine (C=N–C) groups is 1. The monoisotopic (exact) mass is 387 g/mol. The van der Waals surface area contributed by atoms with Gasteiger partial charge in [-0.15, -0.1) is 0 Å². The highest BCUT2D eigenvalue weighted by Gasteiger charge is 2.22. The highest BCUT2D eigenvalue weighted by atomic mass is 16.3. The van der Waals surface area contributed by atoms with Crippen molar-refractivity contribution in [1.29, 1.82) is 0 Å². The van der Waals surface area contributed by atoms with Crippen LogP contribution in [0, 0.1) is 5.92 Å². The molecule has 6 nitrogen and oxygen atoms in total. The van der Waals surface area contributed by atoms with E-state index in [0.29, 0.717) is 11.7 Å². The number of aromatic hydroxyl groups is 1. The maximum atomic E-state index is 10.1. The van der Waals surface area contributed by atoms with E-state index >= 15 is 0 Å². The minimum absolute atomic E-state index is 0.367. The molecular formula is C22H37N5O. The zero-order chi connectivity index (χ0) is 19.8. The van der Waals surface area contributed by atoms with Gasteiger partial charge in [-0.05, 0) is 63.9 Å². The average Bonchev–Trinajstić information content (AvgIpc) is 2.73. The summed E-state index contributed by atoms with van der Waals surface area (Å²) in [5, 5.41) is 13.6. The van der Waals surface area contributed by atoms with E-state index in [9.17, 15) is 5.11 Å². The fourth-order valence-corrected chi connectivity index (χ4v) is 4.24. The number of phenolic OH excluding ortho intramolecular Hbond substituents is 1. The second kappa shape index (κ2) is 10.6. The van der Waals surface area contributed by atoms with Crippen molar-refractivity contribution in [2.24, 2.45) is 10.9 Å². The number of piperidine rings is 1. The van der Waals surface area contributed by atoms with Crippen molar-refractivity contribution in [3.05, 3.63) is 24.3 Å². The third-order valence-electron chi connectivity index (χ3n) is 5.88. The van der Waals surface area contributed by atoms with E-state index in [0.717, 1.165) is 50.9 Å². The molecule has 1 aromatic carbocycles. The van der Waals surface area contributed by atoms with Crippen molar-refractivity contribution in [2.45, 2.75) is 33.1 Å². The number of likely N-dealkylation sites (tertiary alicyclic amines) is 1. The molecule has 156 valence electrons. The maximum Gasteiger partial charge on any atom is 0.194 e. The molecule has 2 aliphatic rings. The molecule has 0 spiro atoms. The SMILES string of the molecule is CCCN1CCC(CN=C(NCC)N2CCN(c3ccccc3O)CC2)CC1. The Labute approximate surface area is 170 Å². The van der Waals surface area contributed by atoms with Crippen molar-refractivity contribution in [3.8, 4) is 5.75 Å². The summed E-state index contributed by atoms with van der Waals surface area (Å²) in [6, 6.07) is 7.62. The van der Waals surface area contributed by atoms with Crippen LogP contribution in [0.1, 0.15) is 33.1 Å². The molecule has 6 heteroatoms. The van der Waals surface area contributed by atoms with Crippen LogP contribution in [0.5, 0.6) is 5.75 Å². The van der Waals surface area contributed by atoms with Crippen molar-refractivity contribution in [1.82, 2.24) is 15.1 Å². The number of guanidine groups is 1. The third kappa shape index (κ3) is 5.53. The van der Waals surface area contributed by atoms with Crippen molar-refractivity contribution >= 4 is 11.6 Å². The lowest BCUT2D eigenvalue weighted by atomic mass is 9.97. The van der Waals surface area contributed by atoms with Crippen LogP contribution in [0.4, 0.5) is 5.69 Å². The van der Waals surface area contributed by atoms with Crippen LogP contribution >= 0.6 is 0 Å². The summed E-state index contributed by atoms with van der Waals surface area (Å²) in [5.74, 6) is 2.13. The molecule has 2 saturated heterocycles. The number of benzene rings is 1. The van der Waals surface area contributed by atoms with Crippen molar-refractivity contribution < 1.29 is 5.11 Å². The van der Waals surface area contributed by atoms with E-state index in [-0.39, 0.29) is 0 Å². The van der Waals surface area contributed by atoms with Gasteiger partial charge in [0.15, 0.2) is 5.96 Å². The van der Waals surface area contributed by atoms with Gasteiger partial charge in [0.25, 0.3) is 0 Å². The number of rotatable bonds is 6. The molecule has 28 heavy (non-hydrogen) atoms. The Kier molecular flexibility index (Phi) is 7.83. The quantitative estimate of drug-likeness (QED) is 0.580. The molecule has 0 unspecified atom stereocenters. The van der Waals surface area contributed by atoms with Crippen LogP contribution in [0.3, 0.4) is 0 Å². The number of nitrogens with zero attached hydrogens (tertiary/aromatic N) is 4. The van der Waals surface area contributed by atoms with Gasteiger partial charge in [-0.25, -0.2) is 0 Å². The van der Waals surface area contributed by atoms with Crippen LogP contribution < -0.4 is 10.2 Å². The molecule has 0 aliphatic carbocycles. The Morgan fingerprint density at radius 1 is 1.07 bits per heavy atom. The lowest BCUT2D eigenvalue weighted by Gasteiger charge is -2.38. The molecule has 0 radical (unpaired) electrons. The average molecular weight is 388 g/mol. The first-order valence-corrected chi connectivity index (χ1v) is 11.0. The van der Waals surface area contributed by atoms with Crippen LogP contribution in [0.15, 0.2) is 29.3 Å². The summed E-state index contributed by atoms with van der Waals surface area (Å²) in [6.45, 7) is 13.6. The van der Waals surface area contributed by atoms with E-state index in [4.69, 9.17) is 4.99 Å². The molecule has 1 aromatic rings. The van der Waals surface area contributed by atoms with Crippen molar-refractivity contribution in [2.75, 3.05) is 63.8 Å². The second-order valence-electron chi connectivity index (χ2n) is 7.94.